The van der Waals surface area contributed by atoms with Crippen molar-refractivity contribution < 1.29 is 0 Å². The molecular formula is C13H20ClNS. The lowest BCUT2D eigenvalue weighted by molar-refractivity contribution is 0.246. The summed E-state index contributed by atoms with van der Waals surface area (Å²) in [5.74, 6) is 2.33. The normalized spacial score (nSPS) is 24.8. The maximum Gasteiger partial charge on any atom is 0.0931 e. The number of nitrogens with one attached hydrogen (secondary N) is 1. The van der Waals surface area contributed by atoms with Gasteiger partial charge in [0.1, 0.15) is 0 Å². The number of thiophene rings is 1. The van der Waals surface area contributed by atoms with Crippen molar-refractivity contribution in [2.24, 2.45) is 11.8 Å². The summed E-state index contributed by atoms with van der Waals surface area (Å²) in [6.07, 6.45) is 2.70. The van der Waals surface area contributed by atoms with Gasteiger partial charge in [0, 0.05) is 4.88 Å². The minimum atomic E-state index is 0.745. The van der Waals surface area contributed by atoms with E-state index in [0.717, 1.165) is 28.6 Å². The first-order chi connectivity index (χ1) is 7.66. The lowest BCUT2D eigenvalue weighted by atomic mass is 9.73. The van der Waals surface area contributed by atoms with Gasteiger partial charge in [0.05, 0.1) is 4.34 Å². The second kappa shape index (κ2) is 5.52. The zero-order chi connectivity index (χ0) is 11.5. The van der Waals surface area contributed by atoms with Crippen molar-refractivity contribution in [1.29, 1.82) is 0 Å². The Bertz CT molecular complexity index is 334. The van der Waals surface area contributed by atoms with Crippen LogP contribution in [-0.2, 0) is 0 Å². The molecule has 1 aliphatic rings. The highest BCUT2D eigenvalue weighted by molar-refractivity contribution is 7.16. The maximum absolute atomic E-state index is 5.98. The fraction of sp³-hybridized carbons (Fsp3) is 0.692. The molecule has 1 aromatic heterocycles. The second-order valence-electron chi connectivity index (χ2n) is 5.14. The molecule has 1 saturated carbocycles. The quantitative estimate of drug-likeness (QED) is 0.836. The van der Waals surface area contributed by atoms with Crippen LogP contribution >= 0.6 is 22.9 Å². The van der Waals surface area contributed by atoms with Gasteiger partial charge >= 0.3 is 0 Å². The van der Waals surface area contributed by atoms with E-state index in [2.05, 4.69) is 25.2 Å². The van der Waals surface area contributed by atoms with Gasteiger partial charge in [0.2, 0.25) is 0 Å². The molecule has 0 aromatic carbocycles. The molecule has 2 unspecified atom stereocenters. The summed E-state index contributed by atoms with van der Waals surface area (Å²) in [6.45, 7) is 6.81. The zero-order valence-corrected chi connectivity index (χ0v) is 11.6. The van der Waals surface area contributed by atoms with Crippen molar-refractivity contribution in [1.82, 2.24) is 5.32 Å². The molecule has 0 bridgehead atoms. The van der Waals surface area contributed by atoms with E-state index in [-0.39, 0.29) is 0 Å². The van der Waals surface area contributed by atoms with Crippen LogP contribution < -0.4 is 5.32 Å². The van der Waals surface area contributed by atoms with E-state index in [1.165, 1.54) is 24.3 Å². The average molecular weight is 258 g/mol. The van der Waals surface area contributed by atoms with E-state index in [0.29, 0.717) is 0 Å². The Labute approximate surface area is 107 Å². The SMILES string of the molecule is CC(C)CNCC1CCC1c1ccc(Cl)s1. The van der Waals surface area contributed by atoms with E-state index in [1.54, 1.807) is 11.3 Å². The molecule has 0 radical (unpaired) electrons. The molecule has 1 nitrogen and oxygen atoms in total. The Hall–Kier alpha value is -0.0500. The summed E-state index contributed by atoms with van der Waals surface area (Å²) in [4.78, 5) is 1.48. The van der Waals surface area contributed by atoms with Crippen molar-refractivity contribution in [2.75, 3.05) is 13.1 Å². The molecule has 1 aliphatic carbocycles. The predicted octanol–water partition coefficient (Wildman–Crippen LogP) is 4.14. The standard InChI is InChI=1S/C13H20ClNS/c1-9(2)7-15-8-10-3-4-11(10)12-5-6-13(14)16-12/h5-6,9-11,15H,3-4,7-8H2,1-2H3. The second-order valence-corrected chi connectivity index (χ2v) is 6.88. The van der Waals surface area contributed by atoms with E-state index in [9.17, 15) is 0 Å². The molecule has 1 heterocycles. The van der Waals surface area contributed by atoms with Crippen LogP contribution in [0.2, 0.25) is 4.34 Å². The van der Waals surface area contributed by atoms with Gasteiger partial charge in [0.25, 0.3) is 0 Å². The number of rotatable bonds is 5. The monoisotopic (exact) mass is 257 g/mol. The van der Waals surface area contributed by atoms with Crippen LogP contribution in [0.1, 0.15) is 37.5 Å². The first kappa shape index (κ1) is 12.4. The summed E-state index contributed by atoms with van der Waals surface area (Å²) < 4.78 is 0.927. The number of hydrogen-bond acceptors (Lipinski definition) is 2. The van der Waals surface area contributed by atoms with Crippen molar-refractivity contribution >= 4 is 22.9 Å². The number of halogens is 1. The van der Waals surface area contributed by atoms with Gasteiger partial charge < -0.3 is 5.32 Å². The zero-order valence-electron chi connectivity index (χ0n) is 10.0. The first-order valence-corrected chi connectivity index (χ1v) is 7.32. The van der Waals surface area contributed by atoms with Crippen LogP contribution in [-0.4, -0.2) is 13.1 Å². The van der Waals surface area contributed by atoms with Gasteiger partial charge in [-0.2, -0.15) is 0 Å². The van der Waals surface area contributed by atoms with Crippen molar-refractivity contribution in [2.45, 2.75) is 32.6 Å². The fourth-order valence-electron chi connectivity index (χ4n) is 2.27. The van der Waals surface area contributed by atoms with Gasteiger partial charge in [-0.3, -0.25) is 0 Å². The Balaban J connectivity index is 1.80. The van der Waals surface area contributed by atoms with Crippen LogP contribution in [0, 0.1) is 11.8 Å². The van der Waals surface area contributed by atoms with Crippen molar-refractivity contribution in [3.8, 4) is 0 Å². The summed E-state index contributed by atoms with van der Waals surface area (Å²) in [6, 6.07) is 4.23. The third-order valence-electron chi connectivity index (χ3n) is 3.34. The van der Waals surface area contributed by atoms with Crippen LogP contribution in [0.5, 0.6) is 0 Å². The predicted molar refractivity (Wildman–Crippen MR) is 72.5 cm³/mol. The molecule has 0 saturated heterocycles. The van der Waals surface area contributed by atoms with Gasteiger partial charge in [-0.05, 0) is 55.8 Å². The van der Waals surface area contributed by atoms with Crippen molar-refractivity contribution in [3.05, 3.63) is 21.3 Å². The molecule has 90 valence electrons. The fourth-order valence-corrected chi connectivity index (χ4v) is 3.56. The third kappa shape index (κ3) is 2.99. The molecule has 16 heavy (non-hydrogen) atoms. The molecule has 1 N–H and O–H groups in total. The Morgan fingerprint density at radius 2 is 2.25 bits per heavy atom. The molecule has 2 atom stereocenters. The molecule has 2 rings (SSSR count). The summed E-state index contributed by atoms with van der Waals surface area (Å²) in [7, 11) is 0. The first-order valence-electron chi connectivity index (χ1n) is 6.12. The van der Waals surface area contributed by atoms with Crippen LogP contribution in [0.25, 0.3) is 0 Å². The summed E-state index contributed by atoms with van der Waals surface area (Å²) >= 11 is 7.73. The highest BCUT2D eigenvalue weighted by Gasteiger charge is 2.32. The lowest BCUT2D eigenvalue weighted by Gasteiger charge is -2.36. The molecule has 1 aromatic rings. The molecular weight excluding hydrogens is 238 g/mol. The third-order valence-corrected chi connectivity index (χ3v) is 4.70. The Morgan fingerprint density at radius 3 is 2.75 bits per heavy atom. The topological polar surface area (TPSA) is 12.0 Å². The van der Waals surface area contributed by atoms with E-state index in [4.69, 9.17) is 11.6 Å². The van der Waals surface area contributed by atoms with Gasteiger partial charge in [-0.1, -0.05) is 25.4 Å². The van der Waals surface area contributed by atoms with E-state index < -0.39 is 0 Å². The molecule has 3 heteroatoms. The van der Waals surface area contributed by atoms with Gasteiger partial charge in [-0.25, -0.2) is 0 Å². The minimum absolute atomic E-state index is 0.745. The van der Waals surface area contributed by atoms with Crippen LogP contribution in [0.3, 0.4) is 0 Å². The maximum atomic E-state index is 5.98. The smallest absolute Gasteiger partial charge is 0.0931 e. The van der Waals surface area contributed by atoms with Crippen molar-refractivity contribution in [3.63, 3.8) is 0 Å². The van der Waals surface area contributed by atoms with E-state index >= 15 is 0 Å². The van der Waals surface area contributed by atoms with Gasteiger partial charge in [-0.15, -0.1) is 11.3 Å². The van der Waals surface area contributed by atoms with Crippen LogP contribution in [0.4, 0.5) is 0 Å². The Kier molecular flexibility index (Phi) is 4.28. The van der Waals surface area contributed by atoms with Gasteiger partial charge in [0.15, 0.2) is 0 Å². The molecule has 1 fully saturated rings. The largest absolute Gasteiger partial charge is 0.316 e. The number of hydrogen-bond donors (Lipinski definition) is 1. The summed E-state index contributed by atoms with van der Waals surface area (Å²) in [5.41, 5.74) is 0. The summed E-state index contributed by atoms with van der Waals surface area (Å²) in [5, 5.41) is 3.56. The lowest BCUT2D eigenvalue weighted by Crippen LogP contribution is -2.34. The average Bonchev–Trinajstić information content (AvgIpc) is 2.57. The molecule has 0 aliphatic heterocycles. The Morgan fingerprint density at radius 1 is 1.44 bits per heavy atom. The minimum Gasteiger partial charge on any atom is -0.316 e. The molecule has 0 spiro atoms. The van der Waals surface area contributed by atoms with Crippen LogP contribution in [0.15, 0.2) is 12.1 Å². The molecule has 0 amide bonds. The highest BCUT2D eigenvalue weighted by Crippen LogP contribution is 2.45. The van der Waals surface area contributed by atoms with E-state index in [1.807, 2.05) is 6.07 Å². The highest BCUT2D eigenvalue weighted by atomic mass is 35.5.